The molecule has 1 rings (SSSR count). The van der Waals surface area contributed by atoms with Gasteiger partial charge in [0.1, 0.15) is 0 Å². The van der Waals surface area contributed by atoms with E-state index in [1.165, 1.54) is 38.8 Å². The highest BCUT2D eigenvalue weighted by Crippen LogP contribution is 2.06. The summed E-state index contributed by atoms with van der Waals surface area (Å²) < 4.78 is 0. The predicted molar refractivity (Wildman–Crippen MR) is 53.3 cm³/mol. The van der Waals surface area contributed by atoms with Gasteiger partial charge in [-0.1, -0.05) is 26.7 Å². The molecule has 12 heavy (non-hydrogen) atoms. The monoisotopic (exact) mass is 173 g/mol. The first-order chi connectivity index (χ1) is 5.85. The van der Waals surface area contributed by atoms with Crippen LogP contribution >= 0.6 is 0 Å². The number of piperidine rings is 1. The molecule has 0 aliphatic carbocycles. The summed E-state index contributed by atoms with van der Waals surface area (Å²) in [7, 11) is 0. The van der Waals surface area contributed by atoms with Crippen LogP contribution in [0.5, 0.6) is 0 Å². The summed E-state index contributed by atoms with van der Waals surface area (Å²) in [6.07, 6.45) is 5.27. The van der Waals surface area contributed by atoms with Crippen molar-refractivity contribution in [3.05, 3.63) is 0 Å². The highest BCUT2D eigenvalue weighted by atomic mass is 16.3. The predicted octanol–water partition coefficient (Wildman–Crippen LogP) is 1.88. The zero-order chi connectivity index (χ0) is 9.23. The molecule has 0 saturated carbocycles. The minimum Gasteiger partial charge on any atom is -0.395 e. The van der Waals surface area contributed by atoms with Crippen molar-refractivity contribution in [1.82, 2.24) is 4.90 Å². The van der Waals surface area contributed by atoms with Crippen LogP contribution in [0.2, 0.25) is 0 Å². The van der Waals surface area contributed by atoms with Crippen LogP contribution < -0.4 is 0 Å². The normalized spacial score (nSPS) is 18.2. The minimum absolute atomic E-state index is 0.319. The second kappa shape index (κ2) is 9.01. The van der Waals surface area contributed by atoms with Crippen molar-refractivity contribution in [1.29, 1.82) is 0 Å². The third kappa shape index (κ3) is 6.62. The van der Waals surface area contributed by atoms with Crippen molar-refractivity contribution in [3.63, 3.8) is 0 Å². The molecule has 2 nitrogen and oxygen atoms in total. The average molecular weight is 173 g/mol. The van der Waals surface area contributed by atoms with Gasteiger partial charge >= 0.3 is 0 Å². The second-order valence-electron chi connectivity index (χ2n) is 3.33. The lowest BCUT2D eigenvalue weighted by Crippen LogP contribution is -2.31. The Morgan fingerprint density at radius 1 is 1.08 bits per heavy atom. The number of nitrogens with zero attached hydrogens (tertiary/aromatic N) is 1. The molecule has 1 aliphatic rings. The Bertz CT molecular complexity index is 77.2. The van der Waals surface area contributed by atoms with Crippen molar-refractivity contribution in [2.75, 3.05) is 26.2 Å². The van der Waals surface area contributed by atoms with Crippen LogP contribution in [0.3, 0.4) is 0 Å². The van der Waals surface area contributed by atoms with E-state index in [0.29, 0.717) is 6.61 Å². The maximum absolute atomic E-state index is 8.58. The van der Waals surface area contributed by atoms with Gasteiger partial charge in [0.2, 0.25) is 0 Å². The quantitative estimate of drug-likeness (QED) is 0.689. The van der Waals surface area contributed by atoms with E-state index >= 15 is 0 Å². The smallest absolute Gasteiger partial charge is 0.0558 e. The van der Waals surface area contributed by atoms with Crippen molar-refractivity contribution >= 4 is 0 Å². The summed E-state index contributed by atoms with van der Waals surface area (Å²) in [5.74, 6) is 0. The number of aliphatic hydroxyl groups is 1. The van der Waals surface area contributed by atoms with E-state index < -0.39 is 0 Å². The Kier molecular flexibility index (Phi) is 8.95. The van der Waals surface area contributed by atoms with Gasteiger partial charge in [0.25, 0.3) is 0 Å². The van der Waals surface area contributed by atoms with Crippen LogP contribution in [0.25, 0.3) is 0 Å². The molecule has 2 heteroatoms. The van der Waals surface area contributed by atoms with Crippen LogP contribution in [-0.2, 0) is 0 Å². The number of aliphatic hydroxyl groups excluding tert-OH is 1. The zero-order valence-electron chi connectivity index (χ0n) is 8.55. The molecule has 0 amide bonds. The van der Waals surface area contributed by atoms with E-state index in [2.05, 4.69) is 18.7 Å². The summed E-state index contributed by atoms with van der Waals surface area (Å²) in [5, 5.41) is 8.58. The Hall–Kier alpha value is -0.0800. The Balaban J connectivity index is 0.000000354. The Morgan fingerprint density at radius 3 is 2.00 bits per heavy atom. The molecule has 1 heterocycles. The van der Waals surface area contributed by atoms with E-state index in [4.69, 9.17) is 5.11 Å². The van der Waals surface area contributed by atoms with Gasteiger partial charge in [-0.25, -0.2) is 0 Å². The van der Waals surface area contributed by atoms with E-state index in [1.807, 2.05) is 0 Å². The van der Waals surface area contributed by atoms with Gasteiger partial charge < -0.3 is 10.0 Å². The SMILES string of the molecule is CCC.OCCN1CCCCC1. The van der Waals surface area contributed by atoms with Crippen LogP contribution in [0, 0.1) is 0 Å². The van der Waals surface area contributed by atoms with Crippen molar-refractivity contribution < 1.29 is 5.11 Å². The van der Waals surface area contributed by atoms with Crippen LogP contribution in [0.15, 0.2) is 0 Å². The van der Waals surface area contributed by atoms with Crippen LogP contribution in [-0.4, -0.2) is 36.2 Å². The summed E-state index contributed by atoms with van der Waals surface area (Å²) in [6, 6.07) is 0. The van der Waals surface area contributed by atoms with Gasteiger partial charge in [0.15, 0.2) is 0 Å². The van der Waals surface area contributed by atoms with Crippen molar-refractivity contribution in [3.8, 4) is 0 Å². The van der Waals surface area contributed by atoms with Gasteiger partial charge in [-0.3, -0.25) is 0 Å². The lowest BCUT2D eigenvalue weighted by molar-refractivity contribution is 0.173. The molecular weight excluding hydrogens is 150 g/mol. The molecule has 1 fully saturated rings. The standard InChI is InChI=1S/C7H15NO.C3H8/c9-7-6-8-4-2-1-3-5-8;1-3-2/h9H,1-7H2;3H2,1-2H3. The van der Waals surface area contributed by atoms with Crippen molar-refractivity contribution in [2.24, 2.45) is 0 Å². The molecule has 0 spiro atoms. The molecule has 0 bridgehead atoms. The average Bonchev–Trinajstić information content (AvgIpc) is 2.08. The third-order valence-electron chi connectivity index (χ3n) is 1.86. The van der Waals surface area contributed by atoms with Crippen molar-refractivity contribution in [2.45, 2.75) is 39.5 Å². The first kappa shape index (κ1) is 11.9. The Labute approximate surface area is 76.6 Å². The molecule has 0 atom stereocenters. The maximum Gasteiger partial charge on any atom is 0.0558 e. The van der Waals surface area contributed by atoms with Gasteiger partial charge in [-0.15, -0.1) is 0 Å². The molecule has 0 radical (unpaired) electrons. The van der Waals surface area contributed by atoms with Crippen LogP contribution in [0.4, 0.5) is 0 Å². The summed E-state index contributed by atoms with van der Waals surface area (Å²) in [4.78, 5) is 2.32. The molecule has 74 valence electrons. The topological polar surface area (TPSA) is 23.5 Å². The number of likely N-dealkylation sites (tertiary alicyclic amines) is 1. The highest BCUT2D eigenvalue weighted by Gasteiger charge is 2.07. The minimum atomic E-state index is 0.319. The van der Waals surface area contributed by atoms with Gasteiger partial charge in [-0.05, 0) is 25.9 Å². The largest absolute Gasteiger partial charge is 0.395 e. The summed E-state index contributed by atoms with van der Waals surface area (Å²) >= 11 is 0. The number of rotatable bonds is 2. The molecule has 0 aromatic heterocycles. The molecule has 0 aromatic carbocycles. The number of β-amino-alcohol motifs (C(OH)–C–C–N with tert-alkyl or cyclic N) is 1. The Morgan fingerprint density at radius 2 is 1.58 bits per heavy atom. The molecule has 1 N–H and O–H groups in total. The fraction of sp³-hybridized carbons (Fsp3) is 1.00. The number of hydrogen-bond acceptors (Lipinski definition) is 2. The second-order valence-corrected chi connectivity index (χ2v) is 3.33. The molecule has 0 aromatic rings. The van der Waals surface area contributed by atoms with Gasteiger partial charge in [0.05, 0.1) is 6.61 Å². The van der Waals surface area contributed by atoms with E-state index in [1.54, 1.807) is 0 Å². The first-order valence-electron chi connectivity index (χ1n) is 5.18. The third-order valence-corrected chi connectivity index (χ3v) is 1.86. The van der Waals surface area contributed by atoms with Crippen LogP contribution in [0.1, 0.15) is 39.5 Å². The number of hydrogen-bond donors (Lipinski definition) is 1. The fourth-order valence-electron chi connectivity index (χ4n) is 1.32. The highest BCUT2D eigenvalue weighted by molar-refractivity contribution is 4.62. The van der Waals surface area contributed by atoms with E-state index in [-0.39, 0.29) is 0 Å². The summed E-state index contributed by atoms with van der Waals surface area (Å²) in [6.45, 7) is 7.83. The lowest BCUT2D eigenvalue weighted by atomic mass is 10.1. The zero-order valence-corrected chi connectivity index (χ0v) is 8.55. The fourth-order valence-corrected chi connectivity index (χ4v) is 1.32. The van der Waals surface area contributed by atoms with Gasteiger partial charge in [-0.2, -0.15) is 0 Å². The lowest BCUT2D eigenvalue weighted by Gasteiger charge is -2.25. The molecule has 0 unspecified atom stereocenters. The van der Waals surface area contributed by atoms with E-state index in [9.17, 15) is 0 Å². The maximum atomic E-state index is 8.58. The molecule has 1 saturated heterocycles. The van der Waals surface area contributed by atoms with Gasteiger partial charge in [0, 0.05) is 6.54 Å². The van der Waals surface area contributed by atoms with E-state index in [0.717, 1.165) is 6.54 Å². The summed E-state index contributed by atoms with van der Waals surface area (Å²) in [5.41, 5.74) is 0. The first-order valence-corrected chi connectivity index (χ1v) is 5.18. The molecule has 1 aliphatic heterocycles. The molecular formula is C10H23NO.